The van der Waals surface area contributed by atoms with Gasteiger partial charge >= 0.3 is 0 Å². The lowest BCUT2D eigenvalue weighted by molar-refractivity contribution is 0.215. The van der Waals surface area contributed by atoms with Crippen LogP contribution in [0.15, 0.2) is 194 Å². The van der Waals surface area contributed by atoms with Crippen LogP contribution in [0, 0.1) is 0 Å². The van der Waals surface area contributed by atoms with Crippen LogP contribution in [0.1, 0.15) is 0 Å². The SMILES string of the molecule is c1cc2ccc3cc2cc1-c1ccc2c4c(ccc2c1)OCCOc1ccc2cc(ccc2c1-4)-c1ccc2ccc(cc2c1)-c1ccc2ccc4c(c2c1)-c1c(ccc2ccc-3cc12)OCCO4. The molecular weight excluding hydrogens is 833 g/mol. The van der Waals surface area contributed by atoms with Crippen LogP contribution in [0.3, 0.4) is 0 Å². The summed E-state index contributed by atoms with van der Waals surface area (Å²) in [6.45, 7) is 1.88. The molecule has 4 heteroatoms. The van der Waals surface area contributed by atoms with Gasteiger partial charge in [0.15, 0.2) is 0 Å². The van der Waals surface area contributed by atoms with Gasteiger partial charge < -0.3 is 18.9 Å². The molecule has 0 radical (unpaired) electrons. The average molecular weight is 873 g/mol. The highest BCUT2D eigenvalue weighted by atomic mass is 16.5. The fraction of sp³-hybridized carbons (Fsp3) is 0.0625. The zero-order valence-corrected chi connectivity index (χ0v) is 36.9. The van der Waals surface area contributed by atoms with E-state index in [0.29, 0.717) is 26.4 Å². The maximum absolute atomic E-state index is 6.55. The predicted octanol–water partition coefficient (Wildman–Crippen LogP) is 16.5. The summed E-state index contributed by atoms with van der Waals surface area (Å²) in [7, 11) is 0. The van der Waals surface area contributed by atoms with Crippen LogP contribution in [0.25, 0.3) is 131 Å². The minimum Gasteiger partial charge on any atom is -0.489 e. The van der Waals surface area contributed by atoms with E-state index in [4.69, 9.17) is 18.9 Å². The molecule has 12 aromatic rings. The molecule has 6 aliphatic rings. The third-order valence-electron chi connectivity index (χ3n) is 14.6. The molecule has 12 aromatic carbocycles. The van der Waals surface area contributed by atoms with E-state index in [1.807, 2.05) is 0 Å². The average Bonchev–Trinajstić information content (AvgIpc) is 3.37. The number of hydrogen-bond donors (Lipinski definition) is 0. The first-order valence-electron chi connectivity index (χ1n) is 23.5. The zero-order valence-electron chi connectivity index (χ0n) is 36.9. The van der Waals surface area contributed by atoms with Crippen LogP contribution in [-0.2, 0) is 0 Å². The topological polar surface area (TPSA) is 36.9 Å². The highest BCUT2D eigenvalue weighted by molar-refractivity contribution is 6.13. The Morgan fingerprint density at radius 3 is 0.794 bits per heavy atom. The fourth-order valence-corrected chi connectivity index (χ4v) is 11.3. The Kier molecular flexibility index (Phi) is 7.99. The van der Waals surface area contributed by atoms with Gasteiger partial charge in [-0.3, -0.25) is 0 Å². The minimum absolute atomic E-state index is 0.464. The smallest absolute Gasteiger partial charge is 0.128 e. The molecule has 0 N–H and O–H groups in total. The molecule has 0 fully saturated rings. The van der Waals surface area contributed by atoms with Crippen molar-refractivity contribution >= 4 is 64.6 Å². The molecule has 18 bridgehead atoms. The quantitative estimate of drug-likeness (QED) is 0.152. The second kappa shape index (κ2) is 14.4. The van der Waals surface area contributed by atoms with Crippen molar-refractivity contribution in [3.63, 3.8) is 0 Å². The van der Waals surface area contributed by atoms with Gasteiger partial charge in [-0.2, -0.15) is 0 Å². The fourth-order valence-electron chi connectivity index (χ4n) is 11.3. The van der Waals surface area contributed by atoms with Crippen LogP contribution in [-0.4, -0.2) is 26.4 Å². The van der Waals surface area contributed by atoms with E-state index in [-0.39, 0.29) is 0 Å². The zero-order chi connectivity index (χ0) is 44.5. The maximum Gasteiger partial charge on any atom is 0.128 e. The van der Waals surface area contributed by atoms with E-state index in [9.17, 15) is 0 Å². The summed E-state index contributed by atoms with van der Waals surface area (Å²) >= 11 is 0. The minimum atomic E-state index is 0.464. The maximum atomic E-state index is 6.55. The van der Waals surface area contributed by atoms with Gasteiger partial charge in [0.2, 0.25) is 0 Å². The van der Waals surface area contributed by atoms with Crippen molar-refractivity contribution in [2.24, 2.45) is 0 Å². The Morgan fingerprint density at radius 2 is 0.441 bits per heavy atom. The summed E-state index contributed by atoms with van der Waals surface area (Å²) < 4.78 is 26.0. The summed E-state index contributed by atoms with van der Waals surface area (Å²) in [5.41, 5.74) is 13.5. The van der Waals surface area contributed by atoms with Crippen LogP contribution in [0.4, 0.5) is 0 Å². The molecule has 4 aliphatic carbocycles. The summed E-state index contributed by atoms with van der Waals surface area (Å²) in [4.78, 5) is 0. The normalized spacial score (nSPS) is 13.5. The number of hydrogen-bond acceptors (Lipinski definition) is 4. The summed E-state index contributed by atoms with van der Waals surface area (Å²) in [5.74, 6) is 3.48. The predicted molar refractivity (Wildman–Crippen MR) is 280 cm³/mol. The van der Waals surface area contributed by atoms with Crippen LogP contribution in [0.5, 0.6) is 23.0 Å². The highest BCUT2D eigenvalue weighted by Crippen LogP contribution is 2.50. The number of ether oxygens (including phenoxy) is 4. The molecule has 0 saturated carbocycles. The monoisotopic (exact) mass is 872 g/mol. The van der Waals surface area contributed by atoms with E-state index in [1.54, 1.807) is 0 Å². The molecule has 0 saturated heterocycles. The Hall–Kier alpha value is -8.60. The second-order valence-electron chi connectivity index (χ2n) is 18.4. The lowest BCUT2D eigenvalue weighted by Crippen LogP contribution is -2.13. The molecule has 2 aliphatic heterocycles. The van der Waals surface area contributed by atoms with Crippen molar-refractivity contribution < 1.29 is 18.9 Å². The van der Waals surface area contributed by atoms with Gasteiger partial charge in [-0.15, -0.1) is 0 Å². The highest BCUT2D eigenvalue weighted by Gasteiger charge is 2.24. The van der Waals surface area contributed by atoms with Crippen molar-refractivity contribution in [1.82, 2.24) is 0 Å². The largest absolute Gasteiger partial charge is 0.489 e. The van der Waals surface area contributed by atoms with Crippen LogP contribution < -0.4 is 18.9 Å². The summed E-state index contributed by atoms with van der Waals surface area (Å²) in [5, 5.41) is 13.9. The van der Waals surface area contributed by atoms with Gasteiger partial charge in [0.1, 0.15) is 49.4 Å². The van der Waals surface area contributed by atoms with E-state index >= 15 is 0 Å². The lowest BCUT2D eigenvalue weighted by atomic mass is 9.88. The second-order valence-corrected chi connectivity index (χ2v) is 18.4. The van der Waals surface area contributed by atoms with Crippen molar-refractivity contribution in [1.29, 1.82) is 0 Å². The van der Waals surface area contributed by atoms with Crippen molar-refractivity contribution in [2.45, 2.75) is 0 Å². The number of rotatable bonds is 0. The Bertz CT molecular complexity index is 3890. The molecule has 4 nitrogen and oxygen atoms in total. The van der Waals surface area contributed by atoms with Gasteiger partial charge in [0.05, 0.1) is 0 Å². The van der Waals surface area contributed by atoms with Gasteiger partial charge in [-0.25, -0.2) is 0 Å². The van der Waals surface area contributed by atoms with Crippen molar-refractivity contribution in [3.05, 3.63) is 194 Å². The molecule has 0 amide bonds. The molecule has 0 atom stereocenters. The molecule has 0 aromatic heterocycles. The molecule has 68 heavy (non-hydrogen) atoms. The first kappa shape index (κ1) is 37.6. The van der Waals surface area contributed by atoms with Gasteiger partial charge in [0, 0.05) is 22.3 Å². The Balaban J connectivity index is 1.01. The van der Waals surface area contributed by atoms with Crippen LogP contribution >= 0.6 is 0 Å². The van der Waals surface area contributed by atoms with Gasteiger partial charge in [-0.1, -0.05) is 121 Å². The van der Waals surface area contributed by atoms with E-state index in [2.05, 4.69) is 194 Å². The molecule has 18 rings (SSSR count). The molecule has 2 heterocycles. The Morgan fingerprint density at radius 1 is 0.191 bits per heavy atom. The Labute approximate surface area is 392 Å². The van der Waals surface area contributed by atoms with E-state index in [1.165, 1.54) is 32.7 Å². The van der Waals surface area contributed by atoms with Crippen LogP contribution in [0.2, 0.25) is 0 Å². The van der Waals surface area contributed by atoms with Gasteiger partial charge in [0.25, 0.3) is 0 Å². The van der Waals surface area contributed by atoms with Crippen molar-refractivity contribution in [3.8, 4) is 89.8 Å². The standard InChI is InChI=1S/C64H40O4/c1-7-41-31-51-33-43(9-3-37(1)51)47-11-5-39-15-21-59-63(55(39)35-47)64-56-36-48(12-6-40(56)16-22-60(64)68-28-27-67-59)44-10-4-38-2-8-42(32-52(38)34-44)46-14-20-54-50(30-46)18-24-58-62(54)61-53-19-13-45(41)29-49(53)17-23-57(61)65-25-26-66-58/h1-24,29-36H,25-28H2. The van der Waals surface area contributed by atoms with Gasteiger partial charge in [-0.05, 0) is 182 Å². The summed E-state index contributed by atoms with van der Waals surface area (Å²) in [6.07, 6.45) is 0. The molecular formula is C64H40O4. The van der Waals surface area contributed by atoms with E-state index < -0.39 is 0 Å². The molecule has 0 spiro atoms. The lowest BCUT2D eigenvalue weighted by Gasteiger charge is -2.23. The third kappa shape index (κ3) is 5.80. The van der Waals surface area contributed by atoms with Crippen molar-refractivity contribution in [2.75, 3.05) is 26.4 Å². The third-order valence-corrected chi connectivity index (χ3v) is 14.6. The first-order valence-corrected chi connectivity index (χ1v) is 23.5. The number of benzene rings is 12. The van der Waals surface area contributed by atoms with E-state index in [0.717, 1.165) is 122 Å². The summed E-state index contributed by atoms with van der Waals surface area (Å²) in [6, 6.07) is 71.9. The first-order chi connectivity index (χ1) is 33.6. The molecule has 320 valence electrons. The molecule has 0 unspecified atom stereocenters.